The Hall–Kier alpha value is -2.42. The van der Waals surface area contributed by atoms with Crippen LogP contribution in [0.1, 0.15) is 11.1 Å². The number of aromatic nitrogens is 2. The molecule has 0 amide bonds. The lowest BCUT2D eigenvalue weighted by molar-refractivity contribution is 0.432. The molecule has 1 aromatic heterocycles. The second-order valence-corrected chi connectivity index (χ2v) is 4.66. The molecular formula is C16H14N2O. The first-order valence-electron chi connectivity index (χ1n) is 6.20. The molecule has 19 heavy (non-hydrogen) atoms. The zero-order valence-corrected chi connectivity index (χ0v) is 10.9. The van der Waals surface area contributed by atoms with E-state index >= 15 is 0 Å². The molecule has 0 saturated heterocycles. The van der Waals surface area contributed by atoms with E-state index in [9.17, 15) is 0 Å². The molecule has 3 rings (SSSR count). The molecule has 2 aromatic carbocycles. The molecule has 0 bridgehead atoms. The fourth-order valence-electron chi connectivity index (χ4n) is 1.86. The highest BCUT2D eigenvalue weighted by atomic mass is 16.5. The molecular weight excluding hydrogens is 236 g/mol. The van der Waals surface area contributed by atoms with Crippen molar-refractivity contribution in [3.63, 3.8) is 0 Å². The Labute approximate surface area is 111 Å². The minimum atomic E-state index is 0.551. The van der Waals surface area contributed by atoms with Gasteiger partial charge >= 0.3 is 0 Å². The summed E-state index contributed by atoms with van der Waals surface area (Å²) in [6, 6.07) is 16.1. The summed E-state index contributed by atoms with van der Waals surface area (Å²) in [5.41, 5.74) is 4.33. The van der Waals surface area contributed by atoms with Crippen molar-refractivity contribution in [1.29, 1.82) is 0 Å². The number of rotatable bonds is 2. The standard InChI is InChI=1S/C16H14N2O/c1-11-3-7-13(8-4-11)15-17-16(19-18-15)14-9-5-12(2)6-10-14/h3-10H,1-2H3. The van der Waals surface area contributed by atoms with Crippen molar-refractivity contribution >= 4 is 0 Å². The van der Waals surface area contributed by atoms with Crippen LogP contribution in [-0.4, -0.2) is 10.1 Å². The number of hydrogen-bond acceptors (Lipinski definition) is 3. The van der Waals surface area contributed by atoms with Crippen molar-refractivity contribution in [2.24, 2.45) is 0 Å². The molecule has 0 N–H and O–H groups in total. The summed E-state index contributed by atoms with van der Waals surface area (Å²) in [7, 11) is 0. The smallest absolute Gasteiger partial charge is 0.258 e. The highest BCUT2D eigenvalue weighted by molar-refractivity contribution is 5.60. The van der Waals surface area contributed by atoms with Gasteiger partial charge in [-0.05, 0) is 26.0 Å². The van der Waals surface area contributed by atoms with Crippen molar-refractivity contribution in [3.05, 3.63) is 59.7 Å². The largest absolute Gasteiger partial charge is 0.334 e. The maximum absolute atomic E-state index is 5.31. The average molecular weight is 250 g/mol. The lowest BCUT2D eigenvalue weighted by atomic mass is 10.1. The molecule has 3 aromatic rings. The first-order chi connectivity index (χ1) is 9.22. The maximum Gasteiger partial charge on any atom is 0.258 e. The topological polar surface area (TPSA) is 38.9 Å². The van der Waals surface area contributed by atoms with E-state index in [0.717, 1.165) is 11.1 Å². The lowest BCUT2D eigenvalue weighted by Gasteiger charge is -1.95. The van der Waals surface area contributed by atoms with Gasteiger partial charge in [-0.2, -0.15) is 4.98 Å². The first kappa shape index (κ1) is 11.7. The van der Waals surface area contributed by atoms with Crippen LogP contribution in [0, 0.1) is 13.8 Å². The summed E-state index contributed by atoms with van der Waals surface area (Å²) in [4.78, 5) is 4.43. The van der Waals surface area contributed by atoms with Gasteiger partial charge in [-0.15, -0.1) is 0 Å². The Morgan fingerprint density at radius 1 is 0.737 bits per heavy atom. The van der Waals surface area contributed by atoms with Crippen LogP contribution in [0.25, 0.3) is 22.8 Å². The monoisotopic (exact) mass is 250 g/mol. The van der Waals surface area contributed by atoms with Crippen LogP contribution in [-0.2, 0) is 0 Å². The molecule has 0 aliphatic rings. The average Bonchev–Trinajstić information content (AvgIpc) is 2.90. The van der Waals surface area contributed by atoms with Crippen LogP contribution in [0.2, 0.25) is 0 Å². The van der Waals surface area contributed by atoms with E-state index in [1.54, 1.807) is 0 Å². The second kappa shape index (κ2) is 4.69. The quantitative estimate of drug-likeness (QED) is 0.689. The van der Waals surface area contributed by atoms with Gasteiger partial charge in [0, 0.05) is 11.1 Å². The molecule has 3 heteroatoms. The molecule has 3 nitrogen and oxygen atoms in total. The fraction of sp³-hybridized carbons (Fsp3) is 0.125. The van der Waals surface area contributed by atoms with Crippen LogP contribution in [0.3, 0.4) is 0 Å². The zero-order valence-electron chi connectivity index (χ0n) is 10.9. The molecule has 1 heterocycles. The zero-order chi connectivity index (χ0) is 13.2. The van der Waals surface area contributed by atoms with Gasteiger partial charge in [0.05, 0.1) is 0 Å². The predicted octanol–water partition coefficient (Wildman–Crippen LogP) is 4.02. The van der Waals surface area contributed by atoms with Crippen LogP contribution < -0.4 is 0 Å². The molecule has 0 radical (unpaired) electrons. The summed E-state index contributed by atoms with van der Waals surface area (Å²) in [5, 5.41) is 4.03. The van der Waals surface area contributed by atoms with Crippen LogP contribution in [0.4, 0.5) is 0 Å². The molecule has 0 aliphatic carbocycles. The minimum Gasteiger partial charge on any atom is -0.334 e. The lowest BCUT2D eigenvalue weighted by Crippen LogP contribution is -1.82. The van der Waals surface area contributed by atoms with E-state index in [0.29, 0.717) is 11.7 Å². The van der Waals surface area contributed by atoms with E-state index < -0.39 is 0 Å². The predicted molar refractivity (Wildman–Crippen MR) is 74.6 cm³/mol. The van der Waals surface area contributed by atoms with E-state index in [1.807, 2.05) is 48.5 Å². The molecule has 94 valence electrons. The summed E-state index contributed by atoms with van der Waals surface area (Å²) in [6.45, 7) is 4.10. The Morgan fingerprint density at radius 2 is 1.26 bits per heavy atom. The highest BCUT2D eigenvalue weighted by Gasteiger charge is 2.09. The third-order valence-corrected chi connectivity index (χ3v) is 3.03. The SMILES string of the molecule is Cc1ccc(-c2noc(-c3ccc(C)cc3)n2)cc1. The molecule has 0 unspecified atom stereocenters. The number of aryl methyl sites for hydroxylation is 2. The van der Waals surface area contributed by atoms with Gasteiger partial charge < -0.3 is 4.52 Å². The van der Waals surface area contributed by atoms with Crippen molar-refractivity contribution in [3.8, 4) is 22.8 Å². The van der Waals surface area contributed by atoms with E-state index in [2.05, 4.69) is 24.0 Å². The summed E-state index contributed by atoms with van der Waals surface area (Å²) < 4.78 is 5.31. The van der Waals surface area contributed by atoms with Crippen molar-refractivity contribution in [1.82, 2.24) is 10.1 Å². The molecule has 0 fully saturated rings. The second-order valence-electron chi connectivity index (χ2n) is 4.66. The van der Waals surface area contributed by atoms with E-state index in [1.165, 1.54) is 11.1 Å². The van der Waals surface area contributed by atoms with Gasteiger partial charge in [0.15, 0.2) is 0 Å². The Balaban J connectivity index is 1.95. The highest BCUT2D eigenvalue weighted by Crippen LogP contribution is 2.22. The van der Waals surface area contributed by atoms with Crippen LogP contribution >= 0.6 is 0 Å². The number of nitrogens with zero attached hydrogens (tertiary/aromatic N) is 2. The van der Waals surface area contributed by atoms with Crippen molar-refractivity contribution < 1.29 is 4.52 Å². The third-order valence-electron chi connectivity index (χ3n) is 3.03. The van der Waals surface area contributed by atoms with E-state index in [-0.39, 0.29) is 0 Å². The summed E-state index contributed by atoms with van der Waals surface area (Å²) >= 11 is 0. The Bertz CT molecular complexity index is 622. The summed E-state index contributed by atoms with van der Waals surface area (Å²) in [6.07, 6.45) is 0. The van der Waals surface area contributed by atoms with Crippen LogP contribution in [0.5, 0.6) is 0 Å². The normalized spacial score (nSPS) is 10.6. The number of benzene rings is 2. The van der Waals surface area contributed by atoms with Gasteiger partial charge in [0.25, 0.3) is 5.89 Å². The van der Waals surface area contributed by atoms with Gasteiger partial charge in [-0.1, -0.05) is 52.7 Å². The fourth-order valence-corrected chi connectivity index (χ4v) is 1.86. The molecule has 0 aliphatic heterocycles. The Kier molecular flexibility index (Phi) is 2.88. The molecule has 0 spiro atoms. The van der Waals surface area contributed by atoms with Gasteiger partial charge in [0.2, 0.25) is 5.82 Å². The minimum absolute atomic E-state index is 0.551. The van der Waals surface area contributed by atoms with Gasteiger partial charge in [0.1, 0.15) is 0 Å². The third kappa shape index (κ3) is 2.40. The first-order valence-corrected chi connectivity index (χ1v) is 6.20. The van der Waals surface area contributed by atoms with Crippen LogP contribution in [0.15, 0.2) is 53.1 Å². The summed E-state index contributed by atoms with van der Waals surface area (Å²) in [5.74, 6) is 1.17. The molecule has 0 saturated carbocycles. The van der Waals surface area contributed by atoms with E-state index in [4.69, 9.17) is 4.52 Å². The van der Waals surface area contributed by atoms with Crippen molar-refractivity contribution in [2.45, 2.75) is 13.8 Å². The van der Waals surface area contributed by atoms with Gasteiger partial charge in [-0.25, -0.2) is 0 Å². The number of hydrogen-bond donors (Lipinski definition) is 0. The Morgan fingerprint density at radius 3 is 1.84 bits per heavy atom. The van der Waals surface area contributed by atoms with Crippen molar-refractivity contribution in [2.75, 3.05) is 0 Å². The maximum atomic E-state index is 5.31. The molecule has 0 atom stereocenters. The van der Waals surface area contributed by atoms with Gasteiger partial charge in [-0.3, -0.25) is 0 Å².